The van der Waals surface area contributed by atoms with Crippen LogP contribution >= 0.6 is 0 Å². The molecule has 0 radical (unpaired) electrons. The lowest BCUT2D eigenvalue weighted by Crippen LogP contribution is -2.12. The number of anilines is 2. The van der Waals surface area contributed by atoms with Crippen molar-refractivity contribution in [2.45, 2.75) is 13.3 Å². The Morgan fingerprint density at radius 2 is 1.95 bits per heavy atom. The minimum Gasteiger partial charge on any atom is -0.385 e. The number of hydrogen-bond donors (Lipinski definition) is 1. The summed E-state index contributed by atoms with van der Waals surface area (Å²) < 4.78 is 10.3. The SMILES string of the molecule is COCCOCCCNc1ccc(C)c(N(C)C)c1. The molecule has 0 aliphatic rings. The summed E-state index contributed by atoms with van der Waals surface area (Å²) in [7, 11) is 5.82. The quantitative estimate of drug-likeness (QED) is 0.696. The zero-order valence-corrected chi connectivity index (χ0v) is 12.5. The number of benzene rings is 1. The fraction of sp³-hybridized carbons (Fsp3) is 0.600. The average Bonchev–Trinajstić information content (AvgIpc) is 2.39. The van der Waals surface area contributed by atoms with Crippen LogP contribution in [0.1, 0.15) is 12.0 Å². The maximum Gasteiger partial charge on any atom is 0.0700 e. The first-order chi connectivity index (χ1) is 9.15. The Labute approximate surface area is 116 Å². The second-order valence-corrected chi connectivity index (χ2v) is 4.78. The molecular weight excluding hydrogens is 240 g/mol. The maximum atomic E-state index is 5.42. The van der Waals surface area contributed by atoms with Crippen molar-refractivity contribution in [3.8, 4) is 0 Å². The molecule has 0 aliphatic heterocycles. The minimum atomic E-state index is 0.664. The average molecular weight is 266 g/mol. The predicted octanol–water partition coefficient (Wildman–Crippen LogP) is 2.53. The molecule has 0 spiro atoms. The van der Waals surface area contributed by atoms with Gasteiger partial charge in [0, 0.05) is 45.7 Å². The monoisotopic (exact) mass is 266 g/mol. The number of nitrogens with one attached hydrogen (secondary N) is 1. The van der Waals surface area contributed by atoms with Crippen molar-refractivity contribution in [2.24, 2.45) is 0 Å². The first kappa shape index (κ1) is 15.8. The van der Waals surface area contributed by atoms with Gasteiger partial charge in [0.25, 0.3) is 0 Å². The molecule has 0 atom stereocenters. The van der Waals surface area contributed by atoms with Crippen LogP contribution in [0, 0.1) is 6.92 Å². The van der Waals surface area contributed by atoms with Crippen LogP contribution in [0.15, 0.2) is 18.2 Å². The van der Waals surface area contributed by atoms with Crippen LogP contribution < -0.4 is 10.2 Å². The lowest BCUT2D eigenvalue weighted by Gasteiger charge is -2.17. The normalized spacial score (nSPS) is 10.5. The predicted molar refractivity (Wildman–Crippen MR) is 81.3 cm³/mol. The molecule has 0 heterocycles. The molecule has 4 heteroatoms. The van der Waals surface area contributed by atoms with Crippen molar-refractivity contribution in [3.05, 3.63) is 23.8 Å². The Balaban J connectivity index is 2.28. The van der Waals surface area contributed by atoms with Crippen molar-refractivity contribution in [1.82, 2.24) is 0 Å². The van der Waals surface area contributed by atoms with Gasteiger partial charge in [0.2, 0.25) is 0 Å². The van der Waals surface area contributed by atoms with Gasteiger partial charge in [-0.1, -0.05) is 6.07 Å². The highest BCUT2D eigenvalue weighted by atomic mass is 16.5. The van der Waals surface area contributed by atoms with Crippen LogP contribution in [0.3, 0.4) is 0 Å². The van der Waals surface area contributed by atoms with Gasteiger partial charge in [-0.15, -0.1) is 0 Å². The molecule has 0 bridgehead atoms. The molecule has 1 rings (SSSR count). The van der Waals surface area contributed by atoms with E-state index in [9.17, 15) is 0 Å². The van der Waals surface area contributed by atoms with E-state index in [1.165, 1.54) is 11.3 Å². The number of rotatable bonds is 9. The van der Waals surface area contributed by atoms with Gasteiger partial charge in [-0.05, 0) is 31.0 Å². The standard InChI is InChI=1S/C15H26N2O2/c1-13-6-7-14(12-15(13)17(2)3)16-8-5-9-19-11-10-18-4/h6-7,12,16H,5,8-11H2,1-4H3. The van der Waals surface area contributed by atoms with Crippen LogP contribution in [0.25, 0.3) is 0 Å². The molecule has 0 fully saturated rings. The van der Waals surface area contributed by atoms with Crippen LogP contribution in [0.4, 0.5) is 11.4 Å². The van der Waals surface area contributed by atoms with Gasteiger partial charge in [0.05, 0.1) is 13.2 Å². The zero-order valence-electron chi connectivity index (χ0n) is 12.5. The Hall–Kier alpha value is -1.26. The van der Waals surface area contributed by atoms with Gasteiger partial charge >= 0.3 is 0 Å². The van der Waals surface area contributed by atoms with E-state index in [2.05, 4.69) is 49.4 Å². The van der Waals surface area contributed by atoms with Crippen molar-refractivity contribution < 1.29 is 9.47 Å². The third kappa shape index (κ3) is 5.94. The fourth-order valence-electron chi connectivity index (χ4n) is 1.85. The highest BCUT2D eigenvalue weighted by Crippen LogP contribution is 2.22. The summed E-state index contributed by atoms with van der Waals surface area (Å²) in [6, 6.07) is 6.45. The highest BCUT2D eigenvalue weighted by Gasteiger charge is 2.01. The van der Waals surface area contributed by atoms with Crippen LogP contribution in [0.2, 0.25) is 0 Å². The Bertz CT molecular complexity index is 367. The van der Waals surface area contributed by atoms with Crippen LogP contribution in [-0.4, -0.2) is 47.6 Å². The van der Waals surface area contributed by atoms with Gasteiger partial charge in [-0.2, -0.15) is 0 Å². The summed E-state index contributed by atoms with van der Waals surface area (Å²) in [6.45, 7) is 5.15. The molecule has 19 heavy (non-hydrogen) atoms. The third-order valence-electron chi connectivity index (χ3n) is 2.92. The summed E-state index contributed by atoms with van der Waals surface area (Å²) in [5.74, 6) is 0. The molecule has 0 aromatic heterocycles. The van der Waals surface area contributed by atoms with Gasteiger partial charge in [0.15, 0.2) is 0 Å². The molecule has 4 nitrogen and oxygen atoms in total. The zero-order chi connectivity index (χ0) is 14.1. The third-order valence-corrected chi connectivity index (χ3v) is 2.92. The second kappa shape index (κ2) is 8.77. The molecule has 0 saturated carbocycles. The van der Waals surface area contributed by atoms with Gasteiger partial charge in [-0.3, -0.25) is 0 Å². The van der Waals surface area contributed by atoms with Crippen molar-refractivity contribution in [3.63, 3.8) is 0 Å². The summed E-state index contributed by atoms with van der Waals surface area (Å²) in [6.07, 6.45) is 0.995. The second-order valence-electron chi connectivity index (χ2n) is 4.78. The molecular formula is C15H26N2O2. The molecule has 1 N–H and O–H groups in total. The summed E-state index contributed by atoms with van der Waals surface area (Å²) in [5, 5.41) is 3.42. The van der Waals surface area contributed by atoms with Crippen LogP contribution in [-0.2, 0) is 9.47 Å². The van der Waals surface area contributed by atoms with E-state index in [-0.39, 0.29) is 0 Å². The fourth-order valence-corrected chi connectivity index (χ4v) is 1.85. The minimum absolute atomic E-state index is 0.664. The molecule has 1 aromatic rings. The van der Waals surface area contributed by atoms with E-state index in [4.69, 9.17) is 9.47 Å². The van der Waals surface area contributed by atoms with Gasteiger partial charge in [-0.25, -0.2) is 0 Å². The lowest BCUT2D eigenvalue weighted by atomic mass is 10.1. The van der Waals surface area contributed by atoms with Gasteiger partial charge < -0.3 is 19.7 Å². The molecule has 0 unspecified atom stereocenters. The van der Waals surface area contributed by atoms with E-state index >= 15 is 0 Å². The summed E-state index contributed by atoms with van der Waals surface area (Å²) >= 11 is 0. The van der Waals surface area contributed by atoms with Crippen LogP contribution in [0.5, 0.6) is 0 Å². The van der Waals surface area contributed by atoms with Crippen molar-refractivity contribution >= 4 is 11.4 Å². The van der Waals surface area contributed by atoms with E-state index in [0.29, 0.717) is 13.2 Å². The van der Waals surface area contributed by atoms with Crippen molar-refractivity contribution in [1.29, 1.82) is 0 Å². The number of methoxy groups -OCH3 is 1. The Kier molecular flexibility index (Phi) is 7.30. The Morgan fingerprint density at radius 3 is 2.63 bits per heavy atom. The van der Waals surface area contributed by atoms with E-state index in [1.807, 2.05) is 0 Å². The van der Waals surface area contributed by atoms with E-state index in [0.717, 1.165) is 25.3 Å². The summed E-state index contributed by atoms with van der Waals surface area (Å²) in [4.78, 5) is 2.13. The maximum absolute atomic E-state index is 5.42. The summed E-state index contributed by atoms with van der Waals surface area (Å²) in [5.41, 5.74) is 3.70. The first-order valence-corrected chi connectivity index (χ1v) is 6.73. The molecule has 0 saturated heterocycles. The highest BCUT2D eigenvalue weighted by molar-refractivity contribution is 5.61. The number of hydrogen-bond acceptors (Lipinski definition) is 4. The molecule has 108 valence electrons. The molecule has 0 aliphatic carbocycles. The van der Waals surface area contributed by atoms with Gasteiger partial charge in [0.1, 0.15) is 0 Å². The number of nitrogens with zero attached hydrogens (tertiary/aromatic N) is 1. The Morgan fingerprint density at radius 1 is 1.16 bits per heavy atom. The van der Waals surface area contributed by atoms with E-state index in [1.54, 1.807) is 7.11 Å². The molecule has 0 amide bonds. The smallest absolute Gasteiger partial charge is 0.0700 e. The largest absolute Gasteiger partial charge is 0.385 e. The number of aryl methyl sites for hydroxylation is 1. The first-order valence-electron chi connectivity index (χ1n) is 6.73. The van der Waals surface area contributed by atoms with Crippen molar-refractivity contribution in [2.75, 3.05) is 57.8 Å². The molecule has 1 aromatic carbocycles. The number of ether oxygens (including phenoxy) is 2. The van der Waals surface area contributed by atoms with E-state index < -0.39 is 0 Å². The topological polar surface area (TPSA) is 33.7 Å². The lowest BCUT2D eigenvalue weighted by molar-refractivity contribution is 0.0705.